The highest BCUT2D eigenvalue weighted by molar-refractivity contribution is 5.94. The van der Waals surface area contributed by atoms with Crippen LogP contribution in [0.3, 0.4) is 0 Å². The van der Waals surface area contributed by atoms with Crippen LogP contribution in [-0.4, -0.2) is 23.5 Å². The Labute approximate surface area is 150 Å². The Morgan fingerprint density at radius 2 is 2.00 bits per heavy atom. The number of carbonyl (C=O) groups excluding carboxylic acids is 2. The third-order valence-electron chi connectivity index (χ3n) is 4.37. The van der Waals surface area contributed by atoms with E-state index in [1.54, 1.807) is 30.2 Å². The van der Waals surface area contributed by atoms with Gasteiger partial charge in [0.1, 0.15) is 5.75 Å². The molecule has 0 unspecified atom stereocenters. The van der Waals surface area contributed by atoms with Crippen LogP contribution in [0.5, 0.6) is 5.75 Å². The minimum Gasteiger partial charge on any atom is -0.410 e. The quantitative estimate of drug-likeness (QED) is 0.766. The zero-order chi connectivity index (χ0) is 18.1. The van der Waals surface area contributed by atoms with E-state index in [2.05, 4.69) is 10.3 Å². The van der Waals surface area contributed by atoms with Crippen LogP contribution in [-0.2, 0) is 11.2 Å². The maximum atomic E-state index is 12.2. The second-order valence-corrected chi connectivity index (χ2v) is 6.14. The number of rotatable bonds is 2. The van der Waals surface area contributed by atoms with E-state index in [9.17, 15) is 9.59 Å². The number of aromatic nitrogens is 1. The van der Waals surface area contributed by atoms with E-state index in [-0.39, 0.29) is 5.91 Å². The highest BCUT2D eigenvalue weighted by atomic mass is 16.6. The molecule has 0 saturated carbocycles. The van der Waals surface area contributed by atoms with E-state index in [1.807, 2.05) is 36.4 Å². The predicted molar refractivity (Wildman–Crippen MR) is 99.6 cm³/mol. The molecule has 0 saturated heterocycles. The average molecular weight is 347 g/mol. The molecule has 1 aromatic heterocycles. The molecular weight excluding hydrogens is 330 g/mol. The highest BCUT2D eigenvalue weighted by Gasteiger charge is 2.22. The molecule has 2 heterocycles. The van der Waals surface area contributed by atoms with E-state index in [0.717, 1.165) is 28.6 Å². The third-order valence-corrected chi connectivity index (χ3v) is 4.37. The lowest BCUT2D eigenvalue weighted by Gasteiger charge is -2.14. The van der Waals surface area contributed by atoms with Crippen molar-refractivity contribution >= 4 is 34.3 Å². The molecule has 2 amide bonds. The SMILES string of the molecule is CC(=O)N1CCc2cc(OC(=O)Nc3cnc4ccccc4c3)ccc21. The van der Waals surface area contributed by atoms with Gasteiger partial charge in [0.25, 0.3) is 0 Å². The van der Waals surface area contributed by atoms with Gasteiger partial charge in [0, 0.05) is 24.5 Å². The van der Waals surface area contributed by atoms with Crippen molar-refractivity contribution in [3.8, 4) is 5.75 Å². The number of hydrogen-bond donors (Lipinski definition) is 1. The first kappa shape index (κ1) is 16.1. The van der Waals surface area contributed by atoms with Crippen LogP contribution in [0.1, 0.15) is 12.5 Å². The molecule has 0 fully saturated rings. The van der Waals surface area contributed by atoms with Crippen molar-refractivity contribution in [1.29, 1.82) is 0 Å². The second-order valence-electron chi connectivity index (χ2n) is 6.14. The maximum absolute atomic E-state index is 12.2. The van der Waals surface area contributed by atoms with Crippen LogP contribution in [0, 0.1) is 0 Å². The van der Waals surface area contributed by atoms with Crippen molar-refractivity contribution in [1.82, 2.24) is 4.98 Å². The van der Waals surface area contributed by atoms with Crippen LogP contribution < -0.4 is 15.0 Å². The standard InChI is InChI=1S/C20H17N3O3/c1-13(24)23-9-8-15-11-17(6-7-19(15)23)26-20(25)22-16-10-14-4-2-3-5-18(14)21-12-16/h2-7,10-12H,8-9H2,1H3,(H,22,25). The number of benzene rings is 2. The first-order valence-electron chi connectivity index (χ1n) is 8.35. The molecule has 0 spiro atoms. The smallest absolute Gasteiger partial charge is 0.410 e. The van der Waals surface area contributed by atoms with Gasteiger partial charge >= 0.3 is 6.09 Å². The van der Waals surface area contributed by atoms with E-state index in [0.29, 0.717) is 18.0 Å². The minimum atomic E-state index is -0.580. The van der Waals surface area contributed by atoms with Gasteiger partial charge in [-0.25, -0.2) is 4.79 Å². The van der Waals surface area contributed by atoms with Gasteiger partial charge in [-0.1, -0.05) is 18.2 Å². The molecule has 0 aliphatic carbocycles. The monoisotopic (exact) mass is 347 g/mol. The number of carbonyl (C=O) groups is 2. The summed E-state index contributed by atoms with van der Waals surface area (Å²) in [5, 5.41) is 3.63. The number of nitrogens with one attached hydrogen (secondary N) is 1. The normalized spacial score (nSPS) is 12.7. The first-order chi connectivity index (χ1) is 12.6. The van der Waals surface area contributed by atoms with Crippen molar-refractivity contribution in [2.45, 2.75) is 13.3 Å². The average Bonchev–Trinajstić information content (AvgIpc) is 3.05. The molecule has 130 valence electrons. The van der Waals surface area contributed by atoms with Crippen molar-refractivity contribution < 1.29 is 14.3 Å². The Balaban J connectivity index is 1.47. The lowest BCUT2D eigenvalue weighted by Crippen LogP contribution is -2.25. The van der Waals surface area contributed by atoms with E-state index >= 15 is 0 Å². The van der Waals surface area contributed by atoms with Gasteiger partial charge in [-0.3, -0.25) is 15.1 Å². The van der Waals surface area contributed by atoms with Gasteiger partial charge < -0.3 is 9.64 Å². The molecular formula is C20H17N3O3. The molecule has 6 nitrogen and oxygen atoms in total. The number of nitrogens with zero attached hydrogens (tertiary/aromatic N) is 2. The van der Waals surface area contributed by atoms with Crippen LogP contribution in [0.25, 0.3) is 10.9 Å². The van der Waals surface area contributed by atoms with Crippen molar-refractivity contribution in [2.75, 3.05) is 16.8 Å². The van der Waals surface area contributed by atoms with Crippen molar-refractivity contribution in [3.63, 3.8) is 0 Å². The largest absolute Gasteiger partial charge is 0.417 e. The summed E-state index contributed by atoms with van der Waals surface area (Å²) in [4.78, 5) is 29.8. The Bertz CT molecular complexity index is 1020. The van der Waals surface area contributed by atoms with E-state index < -0.39 is 6.09 Å². The van der Waals surface area contributed by atoms with Gasteiger partial charge in [-0.05, 0) is 42.3 Å². The molecule has 1 aliphatic rings. The number of hydrogen-bond acceptors (Lipinski definition) is 4. The first-order valence-corrected chi connectivity index (χ1v) is 8.35. The van der Waals surface area contributed by atoms with Gasteiger partial charge in [0.15, 0.2) is 0 Å². The van der Waals surface area contributed by atoms with Crippen molar-refractivity contribution in [3.05, 3.63) is 60.3 Å². The van der Waals surface area contributed by atoms with Gasteiger partial charge in [0.2, 0.25) is 5.91 Å². The molecule has 3 aromatic rings. The minimum absolute atomic E-state index is 0.0129. The van der Waals surface area contributed by atoms with Crippen LogP contribution in [0.2, 0.25) is 0 Å². The summed E-state index contributed by atoms with van der Waals surface area (Å²) in [6.45, 7) is 2.20. The molecule has 1 aliphatic heterocycles. The van der Waals surface area contributed by atoms with Gasteiger partial charge in [-0.15, -0.1) is 0 Å². The summed E-state index contributed by atoms with van der Waals surface area (Å²) in [6.07, 6.45) is 1.77. The molecule has 6 heteroatoms. The summed E-state index contributed by atoms with van der Waals surface area (Å²) in [7, 11) is 0. The molecule has 4 rings (SSSR count). The second kappa shape index (κ2) is 6.48. The highest BCUT2D eigenvalue weighted by Crippen LogP contribution is 2.31. The number of ether oxygens (including phenoxy) is 1. The molecule has 2 aromatic carbocycles. The van der Waals surface area contributed by atoms with E-state index in [4.69, 9.17) is 4.74 Å². The van der Waals surface area contributed by atoms with Crippen LogP contribution >= 0.6 is 0 Å². The van der Waals surface area contributed by atoms with Crippen LogP contribution in [0.4, 0.5) is 16.2 Å². The number of pyridine rings is 1. The lowest BCUT2D eigenvalue weighted by molar-refractivity contribution is -0.116. The van der Waals surface area contributed by atoms with Crippen LogP contribution in [0.15, 0.2) is 54.7 Å². The number of para-hydroxylation sites is 1. The topological polar surface area (TPSA) is 71.5 Å². The predicted octanol–water partition coefficient (Wildman–Crippen LogP) is 3.75. The van der Waals surface area contributed by atoms with Gasteiger partial charge in [0.05, 0.1) is 17.4 Å². The fourth-order valence-corrected chi connectivity index (χ4v) is 3.16. The Kier molecular flexibility index (Phi) is 4.01. The van der Waals surface area contributed by atoms with E-state index in [1.165, 1.54) is 0 Å². The molecule has 0 bridgehead atoms. The summed E-state index contributed by atoms with van der Waals surface area (Å²) < 4.78 is 5.37. The summed E-state index contributed by atoms with van der Waals surface area (Å²) >= 11 is 0. The Hall–Kier alpha value is -3.41. The molecule has 0 atom stereocenters. The third kappa shape index (κ3) is 3.09. The molecule has 1 N–H and O–H groups in total. The Morgan fingerprint density at radius 3 is 2.85 bits per heavy atom. The molecule has 26 heavy (non-hydrogen) atoms. The zero-order valence-electron chi connectivity index (χ0n) is 14.2. The zero-order valence-corrected chi connectivity index (χ0v) is 14.2. The number of amides is 2. The maximum Gasteiger partial charge on any atom is 0.417 e. The number of fused-ring (bicyclic) bond motifs is 2. The lowest BCUT2D eigenvalue weighted by atomic mass is 10.1. The fourth-order valence-electron chi connectivity index (χ4n) is 3.16. The Morgan fingerprint density at radius 1 is 1.15 bits per heavy atom. The number of anilines is 2. The molecule has 0 radical (unpaired) electrons. The summed E-state index contributed by atoms with van der Waals surface area (Å²) in [6, 6.07) is 14.8. The summed E-state index contributed by atoms with van der Waals surface area (Å²) in [5.74, 6) is 0.458. The van der Waals surface area contributed by atoms with Crippen molar-refractivity contribution in [2.24, 2.45) is 0 Å². The van der Waals surface area contributed by atoms with Gasteiger partial charge in [-0.2, -0.15) is 0 Å². The summed E-state index contributed by atoms with van der Waals surface area (Å²) in [5.41, 5.74) is 3.31. The fraction of sp³-hybridized carbons (Fsp3) is 0.150.